The third-order valence-electron chi connectivity index (χ3n) is 1.75. The largest absolute Gasteiger partial charge is 0.370 e. The van der Waals surface area contributed by atoms with Gasteiger partial charge < -0.3 is 22.5 Å². The standard InChI is InChI=1S/C10H13ClN6O/c1-5(18)15-6-2-3-7(11)8(4-6)16-10(14)17-9(12)13/h2-4H,1H3,(H,15,18)(H6,12,13,14,16,17). The number of amides is 1. The first kappa shape index (κ1) is 13.8. The van der Waals surface area contributed by atoms with Gasteiger partial charge in [-0.3, -0.25) is 4.79 Å². The van der Waals surface area contributed by atoms with Crippen LogP contribution in [0, 0.1) is 0 Å². The molecule has 0 aliphatic rings. The van der Waals surface area contributed by atoms with Crippen LogP contribution >= 0.6 is 11.6 Å². The molecule has 1 rings (SSSR count). The Morgan fingerprint density at radius 3 is 2.56 bits per heavy atom. The van der Waals surface area contributed by atoms with Crippen LogP contribution in [0.3, 0.4) is 0 Å². The summed E-state index contributed by atoms with van der Waals surface area (Å²) in [4.78, 5) is 18.4. The van der Waals surface area contributed by atoms with E-state index < -0.39 is 0 Å². The predicted octanol–water partition coefficient (Wildman–Crippen LogP) is 0.518. The van der Waals surface area contributed by atoms with Crippen molar-refractivity contribution in [3.8, 4) is 0 Å². The summed E-state index contributed by atoms with van der Waals surface area (Å²) < 4.78 is 0. The van der Waals surface area contributed by atoms with Gasteiger partial charge in [0.25, 0.3) is 0 Å². The molecule has 0 radical (unpaired) electrons. The van der Waals surface area contributed by atoms with Gasteiger partial charge in [0.2, 0.25) is 11.9 Å². The Balaban J connectivity index is 3.08. The van der Waals surface area contributed by atoms with E-state index >= 15 is 0 Å². The SMILES string of the molecule is CC(=O)Nc1ccc(Cl)c(N=C(N)N=C(N)N)c1. The molecule has 0 unspecified atom stereocenters. The van der Waals surface area contributed by atoms with Crippen molar-refractivity contribution in [1.29, 1.82) is 0 Å². The number of carbonyl (C=O) groups excluding carboxylic acids is 1. The maximum absolute atomic E-state index is 10.9. The molecule has 0 saturated heterocycles. The second kappa shape index (κ2) is 5.87. The van der Waals surface area contributed by atoms with Crippen LogP contribution in [0.15, 0.2) is 28.2 Å². The minimum absolute atomic E-state index is 0.128. The van der Waals surface area contributed by atoms with Crippen molar-refractivity contribution in [3.05, 3.63) is 23.2 Å². The lowest BCUT2D eigenvalue weighted by molar-refractivity contribution is -0.114. The minimum Gasteiger partial charge on any atom is -0.370 e. The number of carbonyl (C=O) groups is 1. The molecular formula is C10H13ClN6O. The molecule has 0 aromatic heterocycles. The summed E-state index contributed by atoms with van der Waals surface area (Å²) in [7, 11) is 0. The van der Waals surface area contributed by atoms with Crippen LogP contribution < -0.4 is 22.5 Å². The zero-order chi connectivity index (χ0) is 13.7. The summed E-state index contributed by atoms with van der Waals surface area (Å²) in [6.07, 6.45) is 0. The number of guanidine groups is 2. The lowest BCUT2D eigenvalue weighted by Crippen LogP contribution is -2.26. The van der Waals surface area contributed by atoms with Gasteiger partial charge in [-0.25, -0.2) is 4.99 Å². The molecule has 0 saturated carbocycles. The fourth-order valence-electron chi connectivity index (χ4n) is 1.16. The molecular weight excluding hydrogens is 256 g/mol. The highest BCUT2D eigenvalue weighted by Gasteiger charge is 2.03. The summed E-state index contributed by atoms with van der Waals surface area (Å²) in [6, 6.07) is 4.77. The minimum atomic E-state index is -0.204. The molecule has 7 N–H and O–H groups in total. The first-order valence-electron chi connectivity index (χ1n) is 4.89. The number of anilines is 1. The summed E-state index contributed by atoms with van der Waals surface area (Å²) >= 11 is 5.93. The Bertz CT molecular complexity index is 521. The Hall–Kier alpha value is -2.28. The van der Waals surface area contributed by atoms with Crippen LogP contribution in [0.2, 0.25) is 5.02 Å². The average molecular weight is 269 g/mol. The normalized spacial score (nSPS) is 10.9. The molecule has 0 aliphatic heterocycles. The van der Waals surface area contributed by atoms with E-state index in [1.165, 1.54) is 6.92 Å². The summed E-state index contributed by atoms with van der Waals surface area (Å²) in [5, 5.41) is 2.95. The maximum atomic E-state index is 10.9. The predicted molar refractivity (Wildman–Crippen MR) is 72.8 cm³/mol. The van der Waals surface area contributed by atoms with Crippen molar-refractivity contribution in [3.63, 3.8) is 0 Å². The molecule has 1 amide bonds. The zero-order valence-corrected chi connectivity index (χ0v) is 10.4. The summed E-state index contributed by atoms with van der Waals surface area (Å²) in [5.41, 5.74) is 16.7. The molecule has 7 nitrogen and oxygen atoms in total. The van der Waals surface area contributed by atoms with E-state index in [0.29, 0.717) is 16.4 Å². The van der Waals surface area contributed by atoms with Gasteiger partial charge in [-0.05, 0) is 18.2 Å². The van der Waals surface area contributed by atoms with Crippen molar-refractivity contribution < 1.29 is 4.79 Å². The van der Waals surface area contributed by atoms with Crippen LogP contribution in [0.1, 0.15) is 6.92 Å². The fourth-order valence-corrected chi connectivity index (χ4v) is 1.32. The molecule has 1 aromatic carbocycles. The third-order valence-corrected chi connectivity index (χ3v) is 2.06. The summed E-state index contributed by atoms with van der Waals surface area (Å²) in [6.45, 7) is 1.39. The number of nitrogens with one attached hydrogen (secondary N) is 1. The second-order valence-corrected chi connectivity index (χ2v) is 3.76. The van der Waals surface area contributed by atoms with Gasteiger partial charge in [0.15, 0.2) is 5.96 Å². The van der Waals surface area contributed by atoms with Crippen LogP contribution in [0.25, 0.3) is 0 Å². The van der Waals surface area contributed by atoms with Gasteiger partial charge in [-0.2, -0.15) is 4.99 Å². The van der Waals surface area contributed by atoms with Crippen molar-refractivity contribution in [2.75, 3.05) is 5.32 Å². The van der Waals surface area contributed by atoms with Crippen LogP contribution in [-0.2, 0) is 4.79 Å². The molecule has 0 aliphatic carbocycles. The van der Waals surface area contributed by atoms with Gasteiger partial charge in [0.1, 0.15) is 0 Å². The highest BCUT2D eigenvalue weighted by molar-refractivity contribution is 6.33. The number of rotatable bonds is 2. The Morgan fingerprint density at radius 2 is 2.00 bits per heavy atom. The molecule has 18 heavy (non-hydrogen) atoms. The van der Waals surface area contributed by atoms with Gasteiger partial charge in [-0.1, -0.05) is 11.6 Å². The van der Waals surface area contributed by atoms with Crippen molar-refractivity contribution in [1.82, 2.24) is 0 Å². The quantitative estimate of drug-likeness (QED) is 0.460. The van der Waals surface area contributed by atoms with Crippen LogP contribution in [0.5, 0.6) is 0 Å². The van der Waals surface area contributed by atoms with Crippen LogP contribution in [-0.4, -0.2) is 17.8 Å². The monoisotopic (exact) mass is 268 g/mol. The van der Waals surface area contributed by atoms with Gasteiger partial charge >= 0.3 is 0 Å². The molecule has 0 bridgehead atoms. The first-order chi connectivity index (χ1) is 8.38. The molecule has 96 valence electrons. The van der Waals surface area contributed by atoms with E-state index in [0.717, 1.165) is 0 Å². The van der Waals surface area contributed by atoms with Crippen molar-refractivity contribution in [2.24, 2.45) is 27.2 Å². The highest BCUT2D eigenvalue weighted by Crippen LogP contribution is 2.28. The molecule has 0 atom stereocenters. The maximum Gasteiger partial charge on any atom is 0.223 e. The summed E-state index contributed by atoms with van der Waals surface area (Å²) in [5.74, 6) is -0.535. The molecule has 0 fully saturated rings. The number of halogens is 1. The number of aliphatic imine (C=N–C) groups is 2. The lowest BCUT2D eigenvalue weighted by atomic mass is 10.3. The van der Waals surface area contributed by atoms with Gasteiger partial charge in [-0.15, -0.1) is 0 Å². The number of nitrogens with zero attached hydrogens (tertiary/aromatic N) is 2. The Morgan fingerprint density at radius 1 is 1.33 bits per heavy atom. The Kier molecular flexibility index (Phi) is 4.50. The smallest absolute Gasteiger partial charge is 0.223 e. The molecule has 0 spiro atoms. The number of nitrogens with two attached hydrogens (primary N) is 3. The average Bonchev–Trinajstić information content (AvgIpc) is 2.21. The Labute approximate surface area is 109 Å². The number of hydrogen-bond acceptors (Lipinski definition) is 2. The van der Waals surface area contributed by atoms with Gasteiger partial charge in [0.05, 0.1) is 10.7 Å². The van der Waals surface area contributed by atoms with E-state index in [1.807, 2.05) is 0 Å². The van der Waals surface area contributed by atoms with E-state index in [-0.39, 0.29) is 17.8 Å². The number of hydrogen-bond donors (Lipinski definition) is 4. The first-order valence-corrected chi connectivity index (χ1v) is 5.27. The topological polar surface area (TPSA) is 132 Å². The number of benzene rings is 1. The van der Waals surface area contributed by atoms with E-state index in [2.05, 4.69) is 15.3 Å². The van der Waals surface area contributed by atoms with E-state index in [9.17, 15) is 4.79 Å². The van der Waals surface area contributed by atoms with E-state index in [4.69, 9.17) is 28.8 Å². The zero-order valence-electron chi connectivity index (χ0n) is 9.64. The van der Waals surface area contributed by atoms with E-state index in [1.54, 1.807) is 18.2 Å². The fraction of sp³-hybridized carbons (Fsp3) is 0.100. The van der Waals surface area contributed by atoms with Crippen LogP contribution in [0.4, 0.5) is 11.4 Å². The van der Waals surface area contributed by atoms with Crippen molar-refractivity contribution >= 4 is 40.8 Å². The molecule has 8 heteroatoms. The molecule has 1 aromatic rings. The second-order valence-electron chi connectivity index (χ2n) is 3.35. The lowest BCUT2D eigenvalue weighted by Gasteiger charge is -2.04. The van der Waals surface area contributed by atoms with Gasteiger partial charge in [0, 0.05) is 12.6 Å². The highest BCUT2D eigenvalue weighted by atomic mass is 35.5. The third kappa shape index (κ3) is 4.30. The van der Waals surface area contributed by atoms with Crippen molar-refractivity contribution in [2.45, 2.75) is 6.92 Å². The molecule has 0 heterocycles.